The van der Waals surface area contributed by atoms with Gasteiger partial charge in [-0.25, -0.2) is 0 Å². The Hall–Kier alpha value is -1.96. The SMILES string of the molecule is CCCCc1cccc2c1OC(C)(CCc1ccccc1)O2. The Morgan fingerprint density at radius 3 is 2.50 bits per heavy atom. The number of rotatable bonds is 6. The Balaban J connectivity index is 1.70. The van der Waals surface area contributed by atoms with Crippen molar-refractivity contribution in [3.63, 3.8) is 0 Å². The summed E-state index contributed by atoms with van der Waals surface area (Å²) in [6, 6.07) is 16.7. The molecule has 2 aromatic rings. The van der Waals surface area contributed by atoms with Crippen molar-refractivity contribution in [3.8, 4) is 11.5 Å². The molecule has 1 heterocycles. The standard InChI is InChI=1S/C20H24O2/c1-3-4-11-17-12-8-13-18-19(17)22-20(2,21-18)15-14-16-9-6-5-7-10-16/h5-10,12-13H,3-4,11,14-15H2,1-2H3. The van der Waals surface area contributed by atoms with Crippen LogP contribution in [0.15, 0.2) is 48.5 Å². The molecule has 1 aliphatic rings. The molecule has 1 unspecified atom stereocenters. The summed E-state index contributed by atoms with van der Waals surface area (Å²) in [6.45, 7) is 4.25. The normalized spacial score (nSPS) is 19.4. The largest absolute Gasteiger partial charge is 0.449 e. The van der Waals surface area contributed by atoms with Crippen LogP contribution in [0.1, 0.15) is 44.2 Å². The second kappa shape index (κ2) is 6.43. The van der Waals surface area contributed by atoms with Gasteiger partial charge in [-0.2, -0.15) is 0 Å². The molecule has 0 aliphatic carbocycles. The van der Waals surface area contributed by atoms with Gasteiger partial charge in [0.05, 0.1) is 0 Å². The van der Waals surface area contributed by atoms with Gasteiger partial charge in [0.15, 0.2) is 11.5 Å². The van der Waals surface area contributed by atoms with Crippen LogP contribution in [-0.2, 0) is 12.8 Å². The van der Waals surface area contributed by atoms with Gasteiger partial charge in [-0.05, 0) is 36.5 Å². The van der Waals surface area contributed by atoms with Crippen LogP contribution in [0.2, 0.25) is 0 Å². The zero-order valence-corrected chi connectivity index (χ0v) is 13.5. The Morgan fingerprint density at radius 2 is 1.73 bits per heavy atom. The van der Waals surface area contributed by atoms with Crippen LogP contribution >= 0.6 is 0 Å². The second-order valence-electron chi connectivity index (χ2n) is 6.17. The Labute approximate surface area is 133 Å². The highest BCUT2D eigenvalue weighted by molar-refractivity contribution is 5.49. The van der Waals surface area contributed by atoms with Crippen molar-refractivity contribution in [2.75, 3.05) is 0 Å². The number of benzene rings is 2. The molecule has 0 radical (unpaired) electrons. The van der Waals surface area contributed by atoms with Gasteiger partial charge in [0.25, 0.3) is 0 Å². The molecule has 0 spiro atoms. The first kappa shape index (κ1) is 15.0. The molecule has 3 rings (SSSR count). The van der Waals surface area contributed by atoms with Crippen LogP contribution in [0.25, 0.3) is 0 Å². The second-order valence-corrected chi connectivity index (χ2v) is 6.17. The van der Waals surface area contributed by atoms with Crippen molar-refractivity contribution < 1.29 is 9.47 Å². The third-order valence-electron chi connectivity index (χ3n) is 4.21. The van der Waals surface area contributed by atoms with Gasteiger partial charge in [0.2, 0.25) is 5.79 Å². The van der Waals surface area contributed by atoms with E-state index in [0.717, 1.165) is 30.8 Å². The number of hydrogen-bond acceptors (Lipinski definition) is 2. The maximum Gasteiger partial charge on any atom is 0.249 e. The van der Waals surface area contributed by atoms with E-state index < -0.39 is 5.79 Å². The highest BCUT2D eigenvalue weighted by atomic mass is 16.7. The van der Waals surface area contributed by atoms with Crippen molar-refractivity contribution in [2.24, 2.45) is 0 Å². The first-order valence-electron chi connectivity index (χ1n) is 8.24. The van der Waals surface area contributed by atoms with E-state index in [9.17, 15) is 0 Å². The molecule has 2 heteroatoms. The number of hydrogen-bond donors (Lipinski definition) is 0. The molecule has 2 aromatic carbocycles. The minimum Gasteiger partial charge on any atom is -0.449 e. The van der Waals surface area contributed by atoms with Gasteiger partial charge in [-0.15, -0.1) is 0 Å². The average Bonchev–Trinajstić information content (AvgIpc) is 2.89. The van der Waals surface area contributed by atoms with Gasteiger partial charge in [-0.3, -0.25) is 0 Å². The van der Waals surface area contributed by atoms with Crippen molar-refractivity contribution >= 4 is 0 Å². The van der Waals surface area contributed by atoms with E-state index in [4.69, 9.17) is 9.47 Å². The third kappa shape index (κ3) is 3.27. The summed E-state index contributed by atoms with van der Waals surface area (Å²) < 4.78 is 12.3. The monoisotopic (exact) mass is 296 g/mol. The molecule has 0 bridgehead atoms. The van der Waals surface area contributed by atoms with Crippen LogP contribution in [0.3, 0.4) is 0 Å². The topological polar surface area (TPSA) is 18.5 Å². The lowest BCUT2D eigenvalue weighted by molar-refractivity contribution is -0.0679. The molecule has 2 nitrogen and oxygen atoms in total. The van der Waals surface area contributed by atoms with Crippen molar-refractivity contribution in [1.82, 2.24) is 0 Å². The molecule has 1 atom stereocenters. The van der Waals surface area contributed by atoms with Crippen LogP contribution in [-0.4, -0.2) is 5.79 Å². The minimum absolute atomic E-state index is 0.555. The Morgan fingerprint density at radius 1 is 0.909 bits per heavy atom. The summed E-state index contributed by atoms with van der Waals surface area (Å²) in [4.78, 5) is 0. The maximum atomic E-state index is 6.22. The van der Waals surface area contributed by atoms with E-state index in [2.05, 4.69) is 43.3 Å². The van der Waals surface area contributed by atoms with Crippen LogP contribution in [0.5, 0.6) is 11.5 Å². The molecule has 1 aliphatic heterocycles. The first-order valence-corrected chi connectivity index (χ1v) is 8.24. The molecule has 0 amide bonds. The predicted octanol–water partition coefficient (Wildman–Crippen LogP) is 5.15. The minimum atomic E-state index is -0.555. The van der Waals surface area contributed by atoms with E-state index in [-0.39, 0.29) is 0 Å². The molecular weight excluding hydrogens is 272 g/mol. The molecule has 0 saturated carbocycles. The Bertz CT molecular complexity index is 621. The first-order chi connectivity index (χ1) is 10.7. The molecular formula is C20H24O2. The number of unbranched alkanes of at least 4 members (excludes halogenated alkanes) is 1. The smallest absolute Gasteiger partial charge is 0.249 e. The van der Waals surface area contributed by atoms with E-state index in [0.29, 0.717) is 0 Å². The predicted molar refractivity (Wildman–Crippen MR) is 89.5 cm³/mol. The summed E-state index contributed by atoms with van der Waals surface area (Å²) >= 11 is 0. The molecule has 116 valence electrons. The molecule has 22 heavy (non-hydrogen) atoms. The number of para-hydroxylation sites is 1. The lowest BCUT2D eigenvalue weighted by Crippen LogP contribution is -2.35. The summed E-state index contributed by atoms with van der Waals surface area (Å²) in [5.74, 6) is 1.29. The van der Waals surface area contributed by atoms with Crippen molar-refractivity contribution in [3.05, 3.63) is 59.7 Å². The zero-order valence-electron chi connectivity index (χ0n) is 13.5. The number of ether oxygens (including phenoxy) is 2. The molecule has 0 fully saturated rings. The molecule has 0 aromatic heterocycles. The fourth-order valence-electron chi connectivity index (χ4n) is 2.91. The van der Waals surface area contributed by atoms with E-state index >= 15 is 0 Å². The summed E-state index contributed by atoms with van der Waals surface area (Å²) in [7, 11) is 0. The summed E-state index contributed by atoms with van der Waals surface area (Å²) in [5, 5.41) is 0. The number of fused-ring (bicyclic) bond motifs is 1. The maximum absolute atomic E-state index is 6.22. The molecule has 0 N–H and O–H groups in total. The lowest BCUT2D eigenvalue weighted by atomic mass is 10.1. The number of aryl methyl sites for hydroxylation is 2. The highest BCUT2D eigenvalue weighted by Crippen LogP contribution is 2.43. The third-order valence-corrected chi connectivity index (χ3v) is 4.21. The fraction of sp³-hybridized carbons (Fsp3) is 0.400. The van der Waals surface area contributed by atoms with Crippen LogP contribution < -0.4 is 9.47 Å². The quantitative estimate of drug-likeness (QED) is 0.734. The van der Waals surface area contributed by atoms with Gasteiger partial charge >= 0.3 is 0 Å². The van der Waals surface area contributed by atoms with Gasteiger partial charge in [0.1, 0.15) is 0 Å². The summed E-state index contributed by atoms with van der Waals surface area (Å²) in [6.07, 6.45) is 5.22. The van der Waals surface area contributed by atoms with Crippen molar-refractivity contribution in [1.29, 1.82) is 0 Å². The van der Waals surface area contributed by atoms with E-state index in [1.54, 1.807) is 0 Å². The fourth-order valence-corrected chi connectivity index (χ4v) is 2.91. The summed E-state index contributed by atoms with van der Waals surface area (Å²) in [5.41, 5.74) is 2.58. The van der Waals surface area contributed by atoms with Gasteiger partial charge < -0.3 is 9.47 Å². The zero-order chi connectivity index (χ0) is 15.4. The Kier molecular flexibility index (Phi) is 4.37. The van der Waals surface area contributed by atoms with Crippen molar-refractivity contribution in [2.45, 2.75) is 51.7 Å². The van der Waals surface area contributed by atoms with Crippen LogP contribution in [0.4, 0.5) is 0 Å². The van der Waals surface area contributed by atoms with Gasteiger partial charge in [-0.1, -0.05) is 55.8 Å². The van der Waals surface area contributed by atoms with Crippen LogP contribution in [0, 0.1) is 0 Å². The van der Waals surface area contributed by atoms with E-state index in [1.807, 2.05) is 19.1 Å². The van der Waals surface area contributed by atoms with Gasteiger partial charge in [0, 0.05) is 13.3 Å². The van der Waals surface area contributed by atoms with E-state index in [1.165, 1.54) is 24.0 Å². The average molecular weight is 296 g/mol. The lowest BCUT2D eigenvalue weighted by Gasteiger charge is -2.23. The highest BCUT2D eigenvalue weighted by Gasteiger charge is 2.37. The molecule has 0 saturated heterocycles.